The van der Waals surface area contributed by atoms with Gasteiger partial charge in [-0.25, -0.2) is 0 Å². The van der Waals surface area contributed by atoms with Crippen molar-refractivity contribution in [2.75, 3.05) is 11.4 Å². The minimum Gasteiger partial charge on any atom is -0.347 e. The Morgan fingerprint density at radius 3 is 2.84 bits per heavy atom. The van der Waals surface area contributed by atoms with Gasteiger partial charge >= 0.3 is 0 Å². The number of carbonyl (C=O) groups excluding carboxylic acids is 2. The molecule has 1 aliphatic carbocycles. The Hall–Kier alpha value is -2.34. The van der Waals surface area contributed by atoms with E-state index in [9.17, 15) is 9.59 Å². The quantitative estimate of drug-likeness (QED) is 0.882. The minimum absolute atomic E-state index is 0.0373. The Balaban J connectivity index is 1.49. The summed E-state index contributed by atoms with van der Waals surface area (Å²) in [5.41, 5.74) is 2.93. The predicted octanol–water partition coefficient (Wildman–Crippen LogP) is 2.78. The number of hydrogen-bond donors (Lipinski definition) is 2. The molecule has 2 N–H and O–H groups in total. The highest BCUT2D eigenvalue weighted by Crippen LogP contribution is 2.41. The summed E-state index contributed by atoms with van der Waals surface area (Å²) in [5.74, 6) is 0.187. The third-order valence-electron chi connectivity index (χ3n) is 4.77. The summed E-state index contributed by atoms with van der Waals surface area (Å²) in [6, 6.07) is 7.00. The monoisotopic (exact) mass is 358 g/mol. The van der Waals surface area contributed by atoms with Gasteiger partial charge in [-0.15, -0.1) is 0 Å². The van der Waals surface area contributed by atoms with Gasteiger partial charge in [0, 0.05) is 24.6 Å². The molecule has 1 saturated heterocycles. The van der Waals surface area contributed by atoms with Crippen molar-refractivity contribution in [3.8, 4) is 0 Å². The van der Waals surface area contributed by atoms with Gasteiger partial charge < -0.3 is 10.2 Å². The largest absolute Gasteiger partial charge is 0.347 e. The second-order valence-corrected chi connectivity index (χ2v) is 7.12. The molecule has 1 atom stereocenters. The normalized spacial score (nSPS) is 20.2. The van der Waals surface area contributed by atoms with E-state index in [2.05, 4.69) is 15.5 Å². The van der Waals surface area contributed by atoms with E-state index in [4.69, 9.17) is 11.6 Å². The van der Waals surface area contributed by atoms with E-state index >= 15 is 0 Å². The van der Waals surface area contributed by atoms with Gasteiger partial charge in [0.05, 0.1) is 28.0 Å². The summed E-state index contributed by atoms with van der Waals surface area (Å²) in [5, 5.41) is 10.7. The van der Waals surface area contributed by atoms with Crippen molar-refractivity contribution in [3.63, 3.8) is 0 Å². The maximum Gasteiger partial charge on any atom is 0.255 e. The molecule has 25 heavy (non-hydrogen) atoms. The van der Waals surface area contributed by atoms with Crippen molar-refractivity contribution in [2.45, 2.75) is 38.1 Å². The predicted molar refractivity (Wildman–Crippen MR) is 95.0 cm³/mol. The molecule has 2 fully saturated rings. The molecular formula is C18H19ClN4O2. The van der Waals surface area contributed by atoms with Crippen molar-refractivity contribution in [3.05, 3.63) is 46.2 Å². The van der Waals surface area contributed by atoms with Crippen LogP contribution in [-0.4, -0.2) is 34.6 Å². The summed E-state index contributed by atoms with van der Waals surface area (Å²) < 4.78 is 0. The number of H-pyrrole nitrogens is 1. The first-order chi connectivity index (χ1) is 12.0. The lowest BCUT2D eigenvalue weighted by molar-refractivity contribution is -0.117. The zero-order valence-electron chi connectivity index (χ0n) is 13.9. The standard InChI is InChI=1S/C18H19ClN4O2/c1-10-16(17(22-21-10)11-6-7-11)18(25)20-12-8-15(24)23(9-12)14-5-3-2-4-13(14)19/h2-5,11-12H,6-9H2,1H3,(H,20,25)(H,21,22)/t12-/m0/s1. The van der Waals surface area contributed by atoms with Crippen molar-refractivity contribution in [1.82, 2.24) is 15.5 Å². The van der Waals surface area contributed by atoms with Gasteiger partial charge in [-0.05, 0) is 31.9 Å². The molecule has 0 unspecified atom stereocenters. The number of hydrogen-bond acceptors (Lipinski definition) is 3. The van der Waals surface area contributed by atoms with Crippen LogP contribution in [0.25, 0.3) is 0 Å². The van der Waals surface area contributed by atoms with Crippen LogP contribution < -0.4 is 10.2 Å². The molecule has 0 spiro atoms. The number of nitrogens with one attached hydrogen (secondary N) is 2. The summed E-state index contributed by atoms with van der Waals surface area (Å²) >= 11 is 6.19. The molecule has 4 rings (SSSR count). The van der Waals surface area contributed by atoms with Crippen LogP contribution in [0.4, 0.5) is 5.69 Å². The van der Waals surface area contributed by atoms with Gasteiger partial charge in [0.15, 0.2) is 0 Å². The number of anilines is 1. The number of benzene rings is 1. The molecule has 1 aromatic heterocycles. The zero-order valence-corrected chi connectivity index (χ0v) is 14.6. The van der Waals surface area contributed by atoms with E-state index in [0.717, 1.165) is 24.2 Å². The SMILES string of the molecule is Cc1[nH]nc(C2CC2)c1C(=O)N[C@H]1CC(=O)N(c2ccccc2Cl)C1. The second kappa shape index (κ2) is 6.19. The molecule has 2 aromatic rings. The lowest BCUT2D eigenvalue weighted by Gasteiger charge is -2.18. The number of para-hydroxylation sites is 1. The number of halogens is 1. The van der Waals surface area contributed by atoms with Crippen LogP contribution in [0.2, 0.25) is 5.02 Å². The van der Waals surface area contributed by atoms with Crippen molar-refractivity contribution in [1.29, 1.82) is 0 Å². The summed E-state index contributed by atoms with van der Waals surface area (Å²) in [7, 11) is 0. The molecule has 130 valence electrons. The van der Waals surface area contributed by atoms with Gasteiger partial charge in [0.2, 0.25) is 5.91 Å². The van der Waals surface area contributed by atoms with E-state index in [1.54, 1.807) is 11.0 Å². The average Bonchev–Trinajstić information content (AvgIpc) is 3.26. The molecule has 7 heteroatoms. The Morgan fingerprint density at radius 1 is 1.36 bits per heavy atom. The minimum atomic E-state index is -0.238. The number of aromatic amines is 1. The lowest BCUT2D eigenvalue weighted by Crippen LogP contribution is -2.37. The van der Waals surface area contributed by atoms with Crippen LogP contribution in [0.15, 0.2) is 24.3 Å². The van der Waals surface area contributed by atoms with E-state index in [1.807, 2.05) is 25.1 Å². The maximum absolute atomic E-state index is 12.7. The molecular weight excluding hydrogens is 340 g/mol. The number of aryl methyl sites for hydroxylation is 1. The zero-order chi connectivity index (χ0) is 17.6. The van der Waals surface area contributed by atoms with E-state index in [1.165, 1.54) is 0 Å². The number of rotatable bonds is 4. The number of aromatic nitrogens is 2. The Labute approximate surface area is 150 Å². The summed E-state index contributed by atoms with van der Waals surface area (Å²) in [4.78, 5) is 26.7. The summed E-state index contributed by atoms with van der Waals surface area (Å²) in [6.07, 6.45) is 2.42. The van der Waals surface area contributed by atoms with E-state index in [0.29, 0.717) is 28.7 Å². The van der Waals surface area contributed by atoms with Crippen LogP contribution in [0.1, 0.15) is 46.9 Å². The number of carbonyl (C=O) groups is 2. The molecule has 2 aliphatic rings. The lowest BCUT2D eigenvalue weighted by atomic mass is 10.1. The van der Waals surface area contributed by atoms with Crippen molar-refractivity contribution < 1.29 is 9.59 Å². The van der Waals surface area contributed by atoms with Crippen molar-refractivity contribution >= 4 is 29.1 Å². The van der Waals surface area contributed by atoms with Crippen molar-refractivity contribution in [2.24, 2.45) is 0 Å². The first kappa shape index (κ1) is 16.1. The van der Waals surface area contributed by atoms with Gasteiger partial charge in [-0.3, -0.25) is 14.7 Å². The van der Waals surface area contributed by atoms with Crippen LogP contribution >= 0.6 is 11.6 Å². The highest BCUT2D eigenvalue weighted by Gasteiger charge is 2.35. The third-order valence-corrected chi connectivity index (χ3v) is 5.09. The van der Waals surface area contributed by atoms with Gasteiger partial charge in [-0.1, -0.05) is 23.7 Å². The molecule has 0 radical (unpaired) electrons. The fourth-order valence-corrected chi connectivity index (χ4v) is 3.59. The third kappa shape index (κ3) is 3.02. The first-order valence-corrected chi connectivity index (χ1v) is 8.83. The highest BCUT2D eigenvalue weighted by atomic mass is 35.5. The molecule has 2 heterocycles. The molecule has 2 amide bonds. The topological polar surface area (TPSA) is 78.1 Å². The van der Waals surface area contributed by atoms with Crippen LogP contribution in [0, 0.1) is 6.92 Å². The molecule has 1 aliphatic heterocycles. The Kier molecular flexibility index (Phi) is 4.00. The van der Waals surface area contributed by atoms with E-state index < -0.39 is 0 Å². The Bertz CT molecular complexity index is 843. The fraction of sp³-hybridized carbons (Fsp3) is 0.389. The second-order valence-electron chi connectivity index (χ2n) is 6.71. The highest BCUT2D eigenvalue weighted by molar-refractivity contribution is 6.33. The van der Waals surface area contributed by atoms with Gasteiger partial charge in [-0.2, -0.15) is 5.10 Å². The summed E-state index contributed by atoms with van der Waals surface area (Å²) in [6.45, 7) is 2.27. The fourth-order valence-electron chi connectivity index (χ4n) is 3.35. The van der Waals surface area contributed by atoms with Gasteiger partial charge in [0.25, 0.3) is 5.91 Å². The molecule has 6 nitrogen and oxygen atoms in total. The van der Waals surface area contributed by atoms with Gasteiger partial charge in [0.1, 0.15) is 0 Å². The first-order valence-electron chi connectivity index (χ1n) is 8.45. The van der Waals surface area contributed by atoms with Crippen LogP contribution in [0.3, 0.4) is 0 Å². The average molecular weight is 359 g/mol. The smallest absolute Gasteiger partial charge is 0.255 e. The molecule has 1 saturated carbocycles. The number of nitrogens with zero attached hydrogens (tertiary/aromatic N) is 2. The molecule has 1 aromatic carbocycles. The number of amides is 2. The Morgan fingerprint density at radius 2 is 2.12 bits per heavy atom. The van der Waals surface area contributed by atoms with E-state index in [-0.39, 0.29) is 24.3 Å². The maximum atomic E-state index is 12.7. The molecule has 0 bridgehead atoms. The van der Waals surface area contributed by atoms with Crippen LogP contribution in [0.5, 0.6) is 0 Å². The van der Waals surface area contributed by atoms with Crippen LogP contribution in [-0.2, 0) is 4.79 Å².